The molecule has 1 aromatic heterocycles. The molecule has 144 valence electrons. The second-order valence-electron chi connectivity index (χ2n) is 7.30. The van der Waals surface area contributed by atoms with Gasteiger partial charge < -0.3 is 9.84 Å². The highest BCUT2D eigenvalue weighted by Gasteiger charge is 2.23. The van der Waals surface area contributed by atoms with E-state index in [2.05, 4.69) is 73.4 Å². The summed E-state index contributed by atoms with van der Waals surface area (Å²) >= 11 is 0. The van der Waals surface area contributed by atoms with Gasteiger partial charge in [0.2, 0.25) is 0 Å². The molecule has 1 heterocycles. The lowest BCUT2D eigenvalue weighted by Crippen LogP contribution is -2.34. The topological polar surface area (TPSA) is 38.3 Å². The second kappa shape index (κ2) is 8.57. The first-order chi connectivity index (χ1) is 13.0. The van der Waals surface area contributed by atoms with Crippen LogP contribution in [0.4, 0.5) is 0 Å². The fraction of sp³-hybridized carbons (Fsp3) is 0.435. The number of hydrogen-bond donors (Lipinski definition) is 1. The predicted molar refractivity (Wildman–Crippen MR) is 109 cm³/mol. The molecule has 0 amide bonds. The van der Waals surface area contributed by atoms with Crippen molar-refractivity contribution in [1.82, 2.24) is 4.57 Å². The van der Waals surface area contributed by atoms with Gasteiger partial charge >= 0.3 is 0 Å². The highest BCUT2D eigenvalue weighted by Crippen LogP contribution is 2.19. The summed E-state index contributed by atoms with van der Waals surface area (Å²) in [7, 11) is 2.10. The first-order valence-corrected chi connectivity index (χ1v) is 9.91. The van der Waals surface area contributed by atoms with Gasteiger partial charge in [-0.25, -0.2) is 9.13 Å². The molecular weight excluding hydrogens is 336 g/mol. The molecule has 3 aromatic rings. The average molecular weight is 368 g/mol. The van der Waals surface area contributed by atoms with Crippen molar-refractivity contribution in [2.24, 2.45) is 7.05 Å². The van der Waals surface area contributed by atoms with Gasteiger partial charge in [-0.1, -0.05) is 32.0 Å². The van der Waals surface area contributed by atoms with Gasteiger partial charge in [-0.3, -0.25) is 0 Å². The lowest BCUT2D eigenvalue weighted by atomic mass is 10.1. The Morgan fingerprint density at radius 3 is 2.67 bits per heavy atom. The van der Waals surface area contributed by atoms with Crippen molar-refractivity contribution in [3.05, 3.63) is 59.4 Å². The number of fused-ring (bicyclic) bond motifs is 1. The van der Waals surface area contributed by atoms with Crippen LogP contribution in [0.25, 0.3) is 11.0 Å². The minimum Gasteiger partial charge on any atom is -0.491 e. The Morgan fingerprint density at radius 1 is 1.15 bits per heavy atom. The van der Waals surface area contributed by atoms with Crippen molar-refractivity contribution in [1.29, 1.82) is 0 Å². The van der Waals surface area contributed by atoms with Crippen molar-refractivity contribution < 1.29 is 14.4 Å². The van der Waals surface area contributed by atoms with E-state index in [1.54, 1.807) is 0 Å². The van der Waals surface area contributed by atoms with Crippen LogP contribution in [0.15, 0.2) is 42.5 Å². The van der Waals surface area contributed by atoms with E-state index < -0.39 is 6.10 Å². The van der Waals surface area contributed by atoms with Crippen molar-refractivity contribution >= 4 is 11.0 Å². The number of aromatic nitrogens is 2. The summed E-state index contributed by atoms with van der Waals surface area (Å²) in [5, 5.41) is 10.7. The van der Waals surface area contributed by atoms with E-state index in [0.717, 1.165) is 30.5 Å². The molecule has 0 aliphatic rings. The van der Waals surface area contributed by atoms with Gasteiger partial charge in [-0.2, -0.15) is 0 Å². The summed E-state index contributed by atoms with van der Waals surface area (Å²) in [5.41, 5.74) is 4.80. The van der Waals surface area contributed by atoms with E-state index in [-0.39, 0.29) is 6.61 Å². The van der Waals surface area contributed by atoms with Crippen LogP contribution in [0.3, 0.4) is 0 Å². The molecule has 0 aliphatic heterocycles. The summed E-state index contributed by atoms with van der Waals surface area (Å²) in [6, 6.07) is 14.6. The number of imidazole rings is 1. The maximum absolute atomic E-state index is 10.7. The van der Waals surface area contributed by atoms with E-state index in [9.17, 15) is 5.11 Å². The zero-order chi connectivity index (χ0) is 19.4. The van der Waals surface area contributed by atoms with E-state index in [1.807, 2.05) is 6.07 Å². The van der Waals surface area contributed by atoms with E-state index in [0.29, 0.717) is 6.54 Å². The third-order valence-electron chi connectivity index (χ3n) is 5.06. The monoisotopic (exact) mass is 367 g/mol. The van der Waals surface area contributed by atoms with Crippen LogP contribution >= 0.6 is 0 Å². The smallest absolute Gasteiger partial charge is 0.257 e. The molecule has 3 rings (SSSR count). The Balaban J connectivity index is 1.77. The Bertz CT molecular complexity index is 914. The Labute approximate surface area is 162 Å². The van der Waals surface area contributed by atoms with Gasteiger partial charge in [0.05, 0.1) is 7.05 Å². The first kappa shape index (κ1) is 19.4. The second-order valence-corrected chi connectivity index (χ2v) is 7.30. The molecule has 0 fully saturated rings. The standard InChI is InChI=1S/C23H31N2O2/c1-5-9-23-24(4)21-10-7-8-11-22(21)25(23)15-19(26)16-27-20-13-17(3)12-18(6-2)14-20/h7-8,10-14,19,26H,5-6,9,15-16H2,1-4H3/q+1. The molecule has 0 saturated carbocycles. The van der Waals surface area contributed by atoms with Crippen LogP contribution in [0.5, 0.6) is 5.75 Å². The van der Waals surface area contributed by atoms with Crippen molar-refractivity contribution in [2.75, 3.05) is 6.61 Å². The first-order valence-electron chi connectivity index (χ1n) is 9.91. The third-order valence-corrected chi connectivity index (χ3v) is 5.06. The van der Waals surface area contributed by atoms with Crippen molar-refractivity contribution in [3.8, 4) is 5.75 Å². The number of ether oxygens (including phenoxy) is 1. The van der Waals surface area contributed by atoms with E-state index in [1.165, 1.54) is 22.5 Å². The normalized spacial score (nSPS) is 12.5. The van der Waals surface area contributed by atoms with Crippen LogP contribution in [-0.2, 0) is 26.4 Å². The zero-order valence-corrected chi connectivity index (χ0v) is 16.9. The molecule has 1 N–H and O–H groups in total. The van der Waals surface area contributed by atoms with E-state index in [4.69, 9.17) is 4.74 Å². The summed E-state index contributed by atoms with van der Waals surface area (Å²) in [5.74, 6) is 2.07. The summed E-state index contributed by atoms with van der Waals surface area (Å²) in [6.45, 7) is 7.22. The number of aryl methyl sites for hydroxylation is 3. The summed E-state index contributed by atoms with van der Waals surface area (Å²) < 4.78 is 10.4. The van der Waals surface area contributed by atoms with Crippen LogP contribution in [0, 0.1) is 6.92 Å². The number of benzene rings is 2. The molecule has 2 aromatic carbocycles. The van der Waals surface area contributed by atoms with Crippen LogP contribution in [0.2, 0.25) is 0 Å². The largest absolute Gasteiger partial charge is 0.491 e. The molecule has 27 heavy (non-hydrogen) atoms. The number of nitrogens with zero attached hydrogens (tertiary/aromatic N) is 2. The maximum Gasteiger partial charge on any atom is 0.257 e. The SMILES string of the molecule is CCCc1n(CC(O)COc2cc(C)cc(CC)c2)c2ccccc2[n+]1C. The number of aliphatic hydroxyl groups is 1. The van der Waals surface area contributed by atoms with Gasteiger partial charge in [0, 0.05) is 6.42 Å². The van der Waals surface area contributed by atoms with Gasteiger partial charge in [-0.15, -0.1) is 0 Å². The quantitative estimate of drug-likeness (QED) is 0.616. The molecule has 4 heteroatoms. The molecule has 1 atom stereocenters. The molecule has 0 aliphatic carbocycles. The molecule has 0 bridgehead atoms. The fourth-order valence-corrected chi connectivity index (χ4v) is 3.73. The number of para-hydroxylation sites is 2. The number of aliphatic hydroxyl groups excluding tert-OH is 1. The zero-order valence-electron chi connectivity index (χ0n) is 16.9. The Morgan fingerprint density at radius 2 is 1.93 bits per heavy atom. The summed E-state index contributed by atoms with van der Waals surface area (Å²) in [6.07, 6.45) is 2.46. The lowest BCUT2D eigenvalue weighted by molar-refractivity contribution is -0.654. The Hall–Kier alpha value is -2.33. The Kier molecular flexibility index (Phi) is 6.17. The predicted octanol–water partition coefficient (Wildman–Crippen LogP) is 3.73. The van der Waals surface area contributed by atoms with Gasteiger partial charge in [0.15, 0.2) is 11.0 Å². The van der Waals surface area contributed by atoms with Crippen LogP contribution < -0.4 is 9.30 Å². The lowest BCUT2D eigenvalue weighted by Gasteiger charge is -2.13. The third kappa shape index (κ3) is 4.33. The van der Waals surface area contributed by atoms with Crippen molar-refractivity contribution in [3.63, 3.8) is 0 Å². The highest BCUT2D eigenvalue weighted by atomic mass is 16.5. The molecular formula is C23H31N2O2+. The number of hydrogen-bond acceptors (Lipinski definition) is 2. The maximum atomic E-state index is 10.7. The van der Waals surface area contributed by atoms with E-state index >= 15 is 0 Å². The number of rotatable bonds is 8. The van der Waals surface area contributed by atoms with Crippen molar-refractivity contribution in [2.45, 2.75) is 52.7 Å². The van der Waals surface area contributed by atoms with Crippen LogP contribution in [-0.4, -0.2) is 22.4 Å². The van der Waals surface area contributed by atoms with Gasteiger partial charge in [0.1, 0.15) is 25.0 Å². The van der Waals surface area contributed by atoms with Gasteiger partial charge in [0.25, 0.3) is 5.82 Å². The fourth-order valence-electron chi connectivity index (χ4n) is 3.73. The minimum atomic E-state index is -0.568. The minimum absolute atomic E-state index is 0.286. The molecule has 0 saturated heterocycles. The molecule has 4 nitrogen and oxygen atoms in total. The van der Waals surface area contributed by atoms with Gasteiger partial charge in [-0.05, 0) is 55.2 Å². The molecule has 0 spiro atoms. The highest BCUT2D eigenvalue weighted by molar-refractivity contribution is 5.72. The molecule has 1 unspecified atom stereocenters. The summed E-state index contributed by atoms with van der Waals surface area (Å²) in [4.78, 5) is 0. The molecule has 0 radical (unpaired) electrons. The average Bonchev–Trinajstić information content (AvgIpc) is 2.92. The van der Waals surface area contributed by atoms with Crippen LogP contribution in [0.1, 0.15) is 37.2 Å².